The maximum absolute atomic E-state index is 13.6. The third kappa shape index (κ3) is 3.58. The zero-order valence-electron chi connectivity index (χ0n) is 15.5. The SMILES string of the molecule is CCCC1CN(C(=O)C2(c3ccccc3)CCCC2)CC1NC(C)=O. The van der Waals surface area contributed by atoms with Crippen LogP contribution in [-0.2, 0) is 15.0 Å². The second-order valence-corrected chi connectivity index (χ2v) is 7.72. The molecule has 2 unspecified atom stereocenters. The van der Waals surface area contributed by atoms with Crippen LogP contribution in [0.4, 0.5) is 0 Å². The van der Waals surface area contributed by atoms with Crippen LogP contribution >= 0.6 is 0 Å². The first-order valence-electron chi connectivity index (χ1n) is 9.69. The maximum Gasteiger partial charge on any atom is 0.233 e. The molecule has 4 heteroatoms. The molecular formula is C21H30N2O2. The highest BCUT2D eigenvalue weighted by atomic mass is 16.2. The number of likely N-dealkylation sites (tertiary alicyclic amines) is 1. The van der Waals surface area contributed by atoms with E-state index in [9.17, 15) is 9.59 Å². The molecule has 136 valence electrons. The first kappa shape index (κ1) is 18.0. The summed E-state index contributed by atoms with van der Waals surface area (Å²) < 4.78 is 0. The Morgan fingerprint density at radius 2 is 1.84 bits per heavy atom. The smallest absolute Gasteiger partial charge is 0.233 e. The molecule has 1 heterocycles. The van der Waals surface area contributed by atoms with E-state index in [1.54, 1.807) is 6.92 Å². The normalized spacial score (nSPS) is 25.1. The zero-order valence-corrected chi connectivity index (χ0v) is 15.5. The van der Waals surface area contributed by atoms with Crippen molar-refractivity contribution in [3.8, 4) is 0 Å². The standard InChI is InChI=1S/C21H30N2O2/c1-3-9-17-14-23(15-19(17)22-16(2)24)20(25)21(12-7-8-13-21)18-10-5-4-6-11-18/h4-6,10-11,17,19H,3,7-9,12-15H2,1-2H3,(H,22,24). The highest BCUT2D eigenvalue weighted by Crippen LogP contribution is 2.43. The minimum Gasteiger partial charge on any atom is -0.351 e. The Hall–Kier alpha value is -1.84. The molecule has 1 aliphatic heterocycles. The quantitative estimate of drug-likeness (QED) is 0.893. The predicted molar refractivity (Wildman–Crippen MR) is 99.2 cm³/mol. The Labute approximate surface area is 151 Å². The summed E-state index contributed by atoms with van der Waals surface area (Å²) in [5.41, 5.74) is 0.802. The summed E-state index contributed by atoms with van der Waals surface area (Å²) in [7, 11) is 0. The molecule has 3 rings (SSSR count). The van der Waals surface area contributed by atoms with E-state index >= 15 is 0 Å². The molecule has 2 aliphatic rings. The van der Waals surface area contributed by atoms with Crippen molar-refractivity contribution in [2.45, 2.75) is 63.8 Å². The van der Waals surface area contributed by atoms with Crippen LogP contribution in [0.1, 0.15) is 57.9 Å². The van der Waals surface area contributed by atoms with Gasteiger partial charge in [0.25, 0.3) is 0 Å². The van der Waals surface area contributed by atoms with E-state index in [4.69, 9.17) is 0 Å². The van der Waals surface area contributed by atoms with Gasteiger partial charge in [0.1, 0.15) is 0 Å². The number of rotatable bonds is 5. The van der Waals surface area contributed by atoms with Crippen LogP contribution in [0.15, 0.2) is 30.3 Å². The average Bonchev–Trinajstić information content (AvgIpc) is 3.24. The van der Waals surface area contributed by atoms with Crippen molar-refractivity contribution < 1.29 is 9.59 Å². The molecule has 0 radical (unpaired) electrons. The Morgan fingerprint density at radius 1 is 1.16 bits per heavy atom. The van der Waals surface area contributed by atoms with E-state index in [-0.39, 0.29) is 23.3 Å². The van der Waals surface area contributed by atoms with Crippen molar-refractivity contribution in [2.75, 3.05) is 13.1 Å². The lowest BCUT2D eigenvalue weighted by atomic mass is 9.77. The summed E-state index contributed by atoms with van der Waals surface area (Å²) in [5, 5.41) is 3.07. The molecule has 1 aromatic carbocycles. The second-order valence-electron chi connectivity index (χ2n) is 7.72. The Bertz CT molecular complexity index is 608. The number of hydrogen-bond donors (Lipinski definition) is 1. The summed E-state index contributed by atoms with van der Waals surface area (Å²) >= 11 is 0. The van der Waals surface area contributed by atoms with Gasteiger partial charge in [0.2, 0.25) is 11.8 Å². The largest absolute Gasteiger partial charge is 0.351 e. The Balaban J connectivity index is 1.82. The second kappa shape index (κ2) is 7.59. The fourth-order valence-corrected chi connectivity index (χ4v) is 4.79. The molecule has 0 aromatic heterocycles. The fourth-order valence-electron chi connectivity index (χ4n) is 4.79. The van der Waals surface area contributed by atoms with E-state index in [0.29, 0.717) is 12.5 Å². The van der Waals surface area contributed by atoms with Crippen molar-refractivity contribution in [2.24, 2.45) is 5.92 Å². The van der Waals surface area contributed by atoms with E-state index < -0.39 is 0 Å². The fraction of sp³-hybridized carbons (Fsp3) is 0.619. The molecule has 2 fully saturated rings. The van der Waals surface area contributed by atoms with Gasteiger partial charge in [-0.25, -0.2) is 0 Å². The summed E-state index contributed by atoms with van der Waals surface area (Å²) in [5.74, 6) is 0.635. The number of nitrogens with zero attached hydrogens (tertiary/aromatic N) is 1. The lowest BCUT2D eigenvalue weighted by molar-refractivity contribution is -0.136. The van der Waals surface area contributed by atoms with Gasteiger partial charge in [-0.1, -0.05) is 56.5 Å². The number of carbonyl (C=O) groups is 2. The highest BCUT2D eigenvalue weighted by Gasteiger charge is 2.47. The molecule has 2 amide bonds. The molecule has 0 bridgehead atoms. The van der Waals surface area contributed by atoms with Gasteiger partial charge in [-0.3, -0.25) is 9.59 Å². The first-order chi connectivity index (χ1) is 12.1. The molecule has 25 heavy (non-hydrogen) atoms. The van der Waals surface area contributed by atoms with E-state index in [1.807, 2.05) is 23.1 Å². The molecule has 1 aliphatic carbocycles. The monoisotopic (exact) mass is 342 g/mol. The summed E-state index contributed by atoms with van der Waals surface area (Å²) in [6, 6.07) is 10.4. The number of nitrogens with one attached hydrogen (secondary N) is 1. The van der Waals surface area contributed by atoms with Crippen molar-refractivity contribution in [1.29, 1.82) is 0 Å². The topological polar surface area (TPSA) is 49.4 Å². The molecule has 0 spiro atoms. The van der Waals surface area contributed by atoms with Crippen molar-refractivity contribution >= 4 is 11.8 Å². The molecule has 1 N–H and O–H groups in total. The minimum absolute atomic E-state index is 0.000888. The Kier molecular flexibility index (Phi) is 5.45. The van der Waals surface area contributed by atoms with E-state index in [0.717, 1.165) is 50.6 Å². The van der Waals surface area contributed by atoms with Crippen LogP contribution in [0.5, 0.6) is 0 Å². The molecular weight excluding hydrogens is 312 g/mol. The van der Waals surface area contributed by atoms with Crippen LogP contribution in [0.2, 0.25) is 0 Å². The van der Waals surface area contributed by atoms with Gasteiger partial charge in [0.15, 0.2) is 0 Å². The number of benzene rings is 1. The zero-order chi connectivity index (χ0) is 17.9. The van der Waals surface area contributed by atoms with Crippen LogP contribution in [-0.4, -0.2) is 35.8 Å². The molecule has 1 aromatic rings. The molecule has 1 saturated carbocycles. The van der Waals surface area contributed by atoms with Gasteiger partial charge < -0.3 is 10.2 Å². The number of hydrogen-bond acceptors (Lipinski definition) is 2. The first-order valence-corrected chi connectivity index (χ1v) is 9.69. The highest BCUT2D eigenvalue weighted by molar-refractivity contribution is 5.89. The average molecular weight is 342 g/mol. The van der Waals surface area contributed by atoms with Crippen LogP contribution in [0.3, 0.4) is 0 Å². The molecule has 4 nitrogen and oxygen atoms in total. The molecule has 2 atom stereocenters. The van der Waals surface area contributed by atoms with E-state index in [2.05, 4.69) is 24.4 Å². The lowest BCUT2D eigenvalue weighted by Crippen LogP contribution is -2.46. The van der Waals surface area contributed by atoms with Gasteiger partial charge in [0, 0.05) is 20.0 Å². The Morgan fingerprint density at radius 3 is 2.44 bits per heavy atom. The third-order valence-electron chi connectivity index (χ3n) is 5.97. The lowest BCUT2D eigenvalue weighted by Gasteiger charge is -2.33. The maximum atomic E-state index is 13.6. The minimum atomic E-state index is -0.358. The van der Waals surface area contributed by atoms with Crippen LogP contribution < -0.4 is 5.32 Å². The molecule has 1 saturated heterocycles. The van der Waals surface area contributed by atoms with Crippen LogP contribution in [0.25, 0.3) is 0 Å². The van der Waals surface area contributed by atoms with Crippen molar-refractivity contribution in [3.63, 3.8) is 0 Å². The van der Waals surface area contributed by atoms with Gasteiger partial charge in [-0.05, 0) is 30.7 Å². The van der Waals surface area contributed by atoms with Gasteiger partial charge in [-0.15, -0.1) is 0 Å². The third-order valence-corrected chi connectivity index (χ3v) is 5.97. The summed E-state index contributed by atoms with van der Waals surface area (Å²) in [6.45, 7) is 5.15. The van der Waals surface area contributed by atoms with Crippen molar-refractivity contribution in [1.82, 2.24) is 10.2 Å². The van der Waals surface area contributed by atoms with Crippen LogP contribution in [0, 0.1) is 5.92 Å². The van der Waals surface area contributed by atoms with Crippen molar-refractivity contribution in [3.05, 3.63) is 35.9 Å². The summed E-state index contributed by atoms with van der Waals surface area (Å²) in [6.07, 6.45) is 6.23. The van der Waals surface area contributed by atoms with E-state index in [1.165, 1.54) is 0 Å². The van der Waals surface area contributed by atoms with Gasteiger partial charge in [-0.2, -0.15) is 0 Å². The van der Waals surface area contributed by atoms with Gasteiger partial charge >= 0.3 is 0 Å². The predicted octanol–water partition coefficient (Wildman–Crippen LogP) is 3.26. The summed E-state index contributed by atoms with van der Waals surface area (Å²) in [4.78, 5) is 27.1. The number of carbonyl (C=O) groups excluding carboxylic acids is 2. The number of amides is 2. The van der Waals surface area contributed by atoms with Gasteiger partial charge in [0.05, 0.1) is 11.5 Å².